The first kappa shape index (κ1) is 20.2. The molecule has 1 amide bonds. The Hall–Kier alpha value is -2.07. The van der Waals surface area contributed by atoms with Crippen LogP contribution in [0.4, 0.5) is 0 Å². The Kier molecular flexibility index (Phi) is 7.04. The Morgan fingerprint density at radius 3 is 2.42 bits per heavy atom. The lowest BCUT2D eigenvalue weighted by Crippen LogP contribution is -2.32. The molecule has 0 bridgehead atoms. The van der Waals surface area contributed by atoms with Crippen molar-refractivity contribution >= 4 is 38.9 Å². The van der Waals surface area contributed by atoms with Crippen LogP contribution in [0.2, 0.25) is 10.0 Å². The van der Waals surface area contributed by atoms with E-state index in [9.17, 15) is 13.2 Å². The third-order valence-electron chi connectivity index (χ3n) is 3.55. The predicted molar refractivity (Wildman–Crippen MR) is 102 cm³/mol. The Morgan fingerprint density at radius 1 is 1.12 bits per heavy atom. The van der Waals surface area contributed by atoms with E-state index in [1.165, 1.54) is 0 Å². The van der Waals surface area contributed by atoms with Crippen LogP contribution in [0, 0.1) is 11.3 Å². The maximum atomic E-state index is 12.1. The predicted octanol–water partition coefficient (Wildman–Crippen LogP) is 3.14. The second-order valence-corrected chi connectivity index (χ2v) is 8.58. The maximum Gasteiger partial charge on any atom is 0.235 e. The first-order valence-corrected chi connectivity index (χ1v) is 10.3. The largest absolute Gasteiger partial charge is 0.355 e. The van der Waals surface area contributed by atoms with Crippen molar-refractivity contribution in [2.24, 2.45) is 0 Å². The van der Waals surface area contributed by atoms with Crippen molar-refractivity contribution in [2.75, 3.05) is 12.3 Å². The lowest BCUT2D eigenvalue weighted by Gasteiger charge is -2.08. The second-order valence-electron chi connectivity index (χ2n) is 5.68. The Balaban J connectivity index is 1.84. The van der Waals surface area contributed by atoms with Crippen molar-refractivity contribution in [1.82, 2.24) is 5.32 Å². The topological polar surface area (TPSA) is 87.0 Å². The molecule has 136 valence electrons. The van der Waals surface area contributed by atoms with Crippen molar-refractivity contribution in [1.29, 1.82) is 5.26 Å². The van der Waals surface area contributed by atoms with Gasteiger partial charge in [-0.2, -0.15) is 5.26 Å². The minimum Gasteiger partial charge on any atom is -0.355 e. The third-order valence-corrected chi connectivity index (χ3v) is 5.61. The van der Waals surface area contributed by atoms with E-state index in [-0.39, 0.29) is 12.3 Å². The Morgan fingerprint density at radius 2 is 1.81 bits per heavy atom. The first-order valence-electron chi connectivity index (χ1n) is 7.69. The van der Waals surface area contributed by atoms with Crippen LogP contribution in [0.5, 0.6) is 0 Å². The van der Waals surface area contributed by atoms with Gasteiger partial charge in [-0.25, -0.2) is 8.42 Å². The van der Waals surface area contributed by atoms with E-state index in [0.29, 0.717) is 27.6 Å². The van der Waals surface area contributed by atoms with E-state index >= 15 is 0 Å². The van der Waals surface area contributed by atoms with Gasteiger partial charge in [0.15, 0.2) is 9.84 Å². The highest BCUT2D eigenvalue weighted by molar-refractivity contribution is 7.91. The van der Waals surface area contributed by atoms with Gasteiger partial charge in [-0.05, 0) is 41.8 Å². The van der Waals surface area contributed by atoms with Gasteiger partial charge in [0.05, 0.1) is 17.4 Å². The number of halogens is 2. The number of benzene rings is 2. The van der Waals surface area contributed by atoms with Crippen LogP contribution in [-0.4, -0.2) is 26.6 Å². The summed E-state index contributed by atoms with van der Waals surface area (Å²) in [5.41, 5.74) is 1.80. The van der Waals surface area contributed by atoms with Gasteiger partial charge in [0.2, 0.25) is 5.91 Å². The number of carbonyl (C=O) groups is 1. The number of hydrogen-bond donors (Lipinski definition) is 1. The van der Waals surface area contributed by atoms with Crippen LogP contribution in [0.1, 0.15) is 16.7 Å². The fourth-order valence-corrected chi connectivity index (χ4v) is 4.10. The number of nitrogens with zero attached hydrogens (tertiary/aromatic N) is 1. The Labute approximate surface area is 162 Å². The van der Waals surface area contributed by atoms with Gasteiger partial charge >= 0.3 is 0 Å². The molecule has 2 rings (SSSR count). The average Bonchev–Trinajstić information content (AvgIpc) is 2.56. The van der Waals surface area contributed by atoms with Gasteiger partial charge in [-0.1, -0.05) is 41.4 Å². The summed E-state index contributed by atoms with van der Waals surface area (Å²) >= 11 is 11.9. The zero-order valence-corrected chi connectivity index (χ0v) is 16.0. The summed E-state index contributed by atoms with van der Waals surface area (Å²) in [7, 11) is -3.60. The molecule has 2 aromatic carbocycles. The van der Waals surface area contributed by atoms with Crippen molar-refractivity contribution in [3.63, 3.8) is 0 Å². The Bertz CT molecular complexity index is 936. The highest BCUT2D eigenvalue weighted by atomic mass is 35.5. The monoisotopic (exact) mass is 410 g/mol. The molecule has 0 fully saturated rings. The molecule has 8 heteroatoms. The molecule has 0 saturated heterocycles. The van der Waals surface area contributed by atoms with Gasteiger partial charge in [-0.3, -0.25) is 4.79 Å². The quantitative estimate of drug-likeness (QED) is 0.759. The van der Waals surface area contributed by atoms with Gasteiger partial charge in [-0.15, -0.1) is 0 Å². The normalized spacial score (nSPS) is 11.0. The van der Waals surface area contributed by atoms with Gasteiger partial charge in [0.25, 0.3) is 0 Å². The summed E-state index contributed by atoms with van der Waals surface area (Å²) in [6, 6.07) is 13.3. The molecule has 5 nitrogen and oxygen atoms in total. The van der Waals surface area contributed by atoms with E-state index in [2.05, 4.69) is 5.32 Å². The minimum atomic E-state index is -3.60. The first-order chi connectivity index (χ1) is 12.3. The SMILES string of the molecule is N#Cc1ccc(CS(=O)(=O)CC(=O)NCCc2ccc(Cl)cc2Cl)cc1. The van der Waals surface area contributed by atoms with E-state index in [1.54, 1.807) is 42.5 Å². The summed E-state index contributed by atoms with van der Waals surface area (Å²) < 4.78 is 24.3. The van der Waals surface area contributed by atoms with Crippen molar-refractivity contribution < 1.29 is 13.2 Å². The van der Waals surface area contributed by atoms with Crippen LogP contribution in [0.15, 0.2) is 42.5 Å². The molecule has 0 aliphatic carbocycles. The number of sulfone groups is 1. The number of nitrogens with one attached hydrogen (secondary N) is 1. The fraction of sp³-hybridized carbons (Fsp3) is 0.222. The van der Waals surface area contributed by atoms with E-state index < -0.39 is 21.5 Å². The van der Waals surface area contributed by atoms with Crippen molar-refractivity contribution in [3.8, 4) is 6.07 Å². The molecule has 2 aromatic rings. The smallest absolute Gasteiger partial charge is 0.235 e. The average molecular weight is 411 g/mol. The molecule has 0 saturated carbocycles. The number of nitriles is 1. The van der Waals surface area contributed by atoms with Crippen LogP contribution in [-0.2, 0) is 26.8 Å². The van der Waals surface area contributed by atoms with E-state index in [1.807, 2.05) is 6.07 Å². The van der Waals surface area contributed by atoms with Crippen LogP contribution in [0.25, 0.3) is 0 Å². The molecule has 0 aromatic heterocycles. The summed E-state index contributed by atoms with van der Waals surface area (Å²) in [6.45, 7) is 0.270. The standard InChI is InChI=1S/C18H16Cl2N2O3S/c19-16-6-5-15(17(20)9-16)7-8-22-18(23)12-26(24,25)11-14-3-1-13(10-21)2-4-14/h1-6,9H,7-8,11-12H2,(H,22,23). The fourth-order valence-electron chi connectivity index (χ4n) is 2.29. The number of hydrogen-bond acceptors (Lipinski definition) is 4. The maximum absolute atomic E-state index is 12.1. The molecule has 0 spiro atoms. The van der Waals surface area contributed by atoms with Gasteiger partial charge < -0.3 is 5.32 Å². The molecule has 0 radical (unpaired) electrons. The van der Waals surface area contributed by atoms with Crippen LogP contribution < -0.4 is 5.32 Å². The second kappa shape index (κ2) is 9.04. The van der Waals surface area contributed by atoms with Crippen molar-refractivity contribution in [3.05, 3.63) is 69.2 Å². The summed E-state index contributed by atoms with van der Waals surface area (Å²) in [5.74, 6) is -1.42. The molecule has 1 N–H and O–H groups in total. The minimum absolute atomic E-state index is 0.255. The summed E-state index contributed by atoms with van der Waals surface area (Å²) in [5, 5.41) is 12.3. The highest BCUT2D eigenvalue weighted by Crippen LogP contribution is 2.21. The molecule has 0 unspecified atom stereocenters. The van der Waals surface area contributed by atoms with Crippen LogP contribution >= 0.6 is 23.2 Å². The molecular formula is C18H16Cl2N2O3S. The molecule has 0 aliphatic heterocycles. The zero-order chi connectivity index (χ0) is 19.2. The molecule has 0 aliphatic rings. The zero-order valence-electron chi connectivity index (χ0n) is 13.7. The third kappa shape index (κ3) is 6.34. The molecule has 26 heavy (non-hydrogen) atoms. The number of rotatable bonds is 7. The van der Waals surface area contributed by atoms with E-state index in [0.717, 1.165) is 5.56 Å². The summed E-state index contributed by atoms with van der Waals surface area (Å²) in [4.78, 5) is 11.9. The lowest BCUT2D eigenvalue weighted by molar-refractivity contribution is -0.118. The highest BCUT2D eigenvalue weighted by Gasteiger charge is 2.17. The molecule has 0 atom stereocenters. The molecule has 0 heterocycles. The summed E-state index contributed by atoms with van der Waals surface area (Å²) in [6.07, 6.45) is 0.470. The number of carbonyl (C=O) groups excluding carboxylic acids is 1. The van der Waals surface area contributed by atoms with Gasteiger partial charge in [0.1, 0.15) is 5.75 Å². The van der Waals surface area contributed by atoms with E-state index in [4.69, 9.17) is 28.5 Å². The van der Waals surface area contributed by atoms with Gasteiger partial charge in [0, 0.05) is 16.6 Å². The van der Waals surface area contributed by atoms with Crippen molar-refractivity contribution in [2.45, 2.75) is 12.2 Å². The lowest BCUT2D eigenvalue weighted by atomic mass is 10.1. The van der Waals surface area contributed by atoms with Crippen LogP contribution in [0.3, 0.4) is 0 Å². The number of amides is 1. The molecular weight excluding hydrogens is 395 g/mol.